The Labute approximate surface area is 166 Å². The molecule has 0 radical (unpaired) electrons. The van der Waals surface area contributed by atoms with Crippen molar-refractivity contribution in [2.24, 2.45) is 0 Å². The van der Waals surface area contributed by atoms with E-state index in [9.17, 15) is 13.2 Å². The lowest BCUT2D eigenvalue weighted by Crippen LogP contribution is -2.57. The molecule has 0 spiro atoms. The van der Waals surface area contributed by atoms with Crippen molar-refractivity contribution >= 4 is 28.3 Å². The van der Waals surface area contributed by atoms with Crippen LogP contribution in [-0.2, 0) is 19.6 Å². The van der Waals surface area contributed by atoms with E-state index in [4.69, 9.17) is 9.26 Å². The smallest absolute Gasteiger partial charge is 0.246 e. The molecule has 1 aromatic rings. The van der Waals surface area contributed by atoms with E-state index in [1.54, 1.807) is 21.0 Å². The number of amides is 1. The summed E-state index contributed by atoms with van der Waals surface area (Å²) in [7, 11) is -2.28. The highest BCUT2D eigenvalue weighted by molar-refractivity contribution is 7.89. The number of methoxy groups -OCH3 is 1. The third-order valence-electron chi connectivity index (χ3n) is 4.53. The molecular weight excluding hydrogens is 396 g/mol. The number of ether oxygens (including phenoxy) is 1. The molecule has 2 rings (SSSR count). The second kappa shape index (κ2) is 10.4. The maximum absolute atomic E-state index is 12.8. The summed E-state index contributed by atoms with van der Waals surface area (Å²) in [6.45, 7) is 5.39. The van der Waals surface area contributed by atoms with Gasteiger partial charge >= 0.3 is 0 Å². The molecule has 11 heteroatoms. The summed E-state index contributed by atoms with van der Waals surface area (Å²) in [5.41, 5.74) is -0.840. The van der Waals surface area contributed by atoms with Crippen LogP contribution in [0.2, 0.25) is 0 Å². The summed E-state index contributed by atoms with van der Waals surface area (Å²) in [5, 5.41) is 9.66. The van der Waals surface area contributed by atoms with E-state index in [2.05, 4.69) is 20.5 Å². The molecule has 3 N–H and O–H groups in total. The molecule has 0 atom stereocenters. The fraction of sp³-hybridized carbons (Fsp3) is 0.750. The van der Waals surface area contributed by atoms with Gasteiger partial charge in [0.25, 0.3) is 0 Å². The molecule has 9 nitrogen and oxygen atoms in total. The molecule has 1 fully saturated rings. The third kappa shape index (κ3) is 5.89. The van der Waals surface area contributed by atoms with Crippen molar-refractivity contribution in [2.45, 2.75) is 50.0 Å². The van der Waals surface area contributed by atoms with Crippen molar-refractivity contribution in [3.05, 3.63) is 11.5 Å². The van der Waals surface area contributed by atoms with Gasteiger partial charge in [-0.2, -0.15) is 4.72 Å². The minimum Gasteiger partial charge on any atom is -0.383 e. The largest absolute Gasteiger partial charge is 0.383 e. The Balaban J connectivity index is 0.00000364. The van der Waals surface area contributed by atoms with Gasteiger partial charge in [-0.15, -0.1) is 12.4 Å². The first-order valence-electron chi connectivity index (χ1n) is 8.77. The topological polar surface area (TPSA) is 123 Å². The van der Waals surface area contributed by atoms with E-state index in [1.807, 2.05) is 0 Å². The Hall–Kier alpha value is -1.20. The summed E-state index contributed by atoms with van der Waals surface area (Å²) < 4.78 is 38.2. The number of carbonyl (C=O) groups is 1. The molecule has 1 aliphatic carbocycles. The lowest BCUT2D eigenvalue weighted by atomic mass is 9.98. The molecule has 0 aliphatic heterocycles. The van der Waals surface area contributed by atoms with Gasteiger partial charge in [-0.05, 0) is 26.7 Å². The number of halogens is 1. The van der Waals surface area contributed by atoms with Crippen LogP contribution in [0.1, 0.15) is 37.1 Å². The van der Waals surface area contributed by atoms with Gasteiger partial charge in [0, 0.05) is 26.7 Å². The molecule has 0 aromatic carbocycles. The van der Waals surface area contributed by atoms with E-state index in [0.717, 1.165) is 12.8 Å². The number of sulfonamides is 1. The van der Waals surface area contributed by atoms with Crippen molar-refractivity contribution < 1.29 is 22.5 Å². The highest BCUT2D eigenvalue weighted by Gasteiger charge is 2.45. The quantitative estimate of drug-likeness (QED) is 0.471. The fourth-order valence-electron chi connectivity index (χ4n) is 3.25. The zero-order valence-corrected chi connectivity index (χ0v) is 17.6. The molecule has 0 bridgehead atoms. The average molecular weight is 425 g/mol. The van der Waals surface area contributed by atoms with Crippen LogP contribution in [-0.4, -0.2) is 58.4 Å². The third-order valence-corrected chi connectivity index (χ3v) is 6.31. The van der Waals surface area contributed by atoms with Crippen molar-refractivity contribution in [3.63, 3.8) is 0 Å². The monoisotopic (exact) mass is 424 g/mol. The van der Waals surface area contributed by atoms with Crippen LogP contribution in [0, 0.1) is 13.8 Å². The number of hydrogen-bond acceptors (Lipinski definition) is 7. The number of nitrogens with one attached hydrogen (secondary N) is 3. The molecule has 1 aromatic heterocycles. The summed E-state index contributed by atoms with van der Waals surface area (Å²) in [5.74, 6) is -0.0789. The molecule has 0 unspecified atom stereocenters. The van der Waals surface area contributed by atoms with Crippen molar-refractivity contribution in [2.75, 3.05) is 33.4 Å². The molecule has 1 amide bonds. The predicted molar refractivity (Wildman–Crippen MR) is 103 cm³/mol. The maximum Gasteiger partial charge on any atom is 0.246 e. The summed E-state index contributed by atoms with van der Waals surface area (Å²) in [4.78, 5) is 12.8. The van der Waals surface area contributed by atoms with Gasteiger partial charge < -0.3 is 19.9 Å². The second-order valence-corrected chi connectivity index (χ2v) is 8.17. The van der Waals surface area contributed by atoms with E-state index in [-0.39, 0.29) is 34.7 Å². The normalized spacial score (nSPS) is 16.1. The van der Waals surface area contributed by atoms with Crippen molar-refractivity contribution in [1.29, 1.82) is 0 Å². The van der Waals surface area contributed by atoms with Gasteiger partial charge in [0.2, 0.25) is 15.9 Å². The Morgan fingerprint density at radius 3 is 2.44 bits per heavy atom. The number of aromatic nitrogens is 1. The lowest BCUT2D eigenvalue weighted by Gasteiger charge is -2.28. The average Bonchev–Trinajstić information content (AvgIpc) is 3.17. The van der Waals surface area contributed by atoms with Crippen molar-refractivity contribution in [3.8, 4) is 0 Å². The van der Waals surface area contributed by atoms with E-state index in [0.29, 0.717) is 39.1 Å². The van der Waals surface area contributed by atoms with Gasteiger partial charge in [0.1, 0.15) is 16.1 Å². The van der Waals surface area contributed by atoms with Crippen LogP contribution in [0.4, 0.5) is 0 Å². The van der Waals surface area contributed by atoms with Gasteiger partial charge in [0.05, 0.1) is 6.61 Å². The number of rotatable bonds is 10. The standard InChI is InChI=1S/C16H28N4O5S.ClH/c1-12-14(13(2)25-19-12)26(22,23)20-16(6-4-5-7-16)15(21)18-9-8-17-10-11-24-3;/h17,20H,4-11H2,1-3H3,(H,18,21);1H. The molecule has 1 heterocycles. The Kier molecular flexibility index (Phi) is 9.16. The molecule has 1 aliphatic rings. The first-order valence-corrected chi connectivity index (χ1v) is 10.3. The van der Waals surface area contributed by atoms with E-state index >= 15 is 0 Å². The lowest BCUT2D eigenvalue weighted by molar-refractivity contribution is -0.126. The van der Waals surface area contributed by atoms with Crippen LogP contribution in [0.3, 0.4) is 0 Å². The van der Waals surface area contributed by atoms with Crippen LogP contribution in [0.15, 0.2) is 9.42 Å². The van der Waals surface area contributed by atoms with Crippen LogP contribution in [0.5, 0.6) is 0 Å². The number of carbonyl (C=O) groups excluding carboxylic acids is 1. The van der Waals surface area contributed by atoms with Gasteiger partial charge in [-0.3, -0.25) is 4.79 Å². The SMILES string of the molecule is COCCNCCNC(=O)C1(NS(=O)(=O)c2c(C)noc2C)CCCC1.Cl. The van der Waals surface area contributed by atoms with Gasteiger partial charge in [0.15, 0.2) is 5.76 Å². The highest BCUT2D eigenvalue weighted by Crippen LogP contribution is 2.32. The van der Waals surface area contributed by atoms with Crippen LogP contribution >= 0.6 is 12.4 Å². The van der Waals surface area contributed by atoms with Gasteiger partial charge in [-0.1, -0.05) is 18.0 Å². The Bertz CT molecular complexity index is 697. The summed E-state index contributed by atoms with van der Waals surface area (Å²) in [6, 6.07) is 0. The van der Waals surface area contributed by atoms with Crippen molar-refractivity contribution in [1.82, 2.24) is 20.5 Å². The van der Waals surface area contributed by atoms with Crippen LogP contribution < -0.4 is 15.4 Å². The minimum absolute atomic E-state index is 0. The minimum atomic E-state index is -3.91. The molecule has 27 heavy (non-hydrogen) atoms. The Morgan fingerprint density at radius 1 is 1.22 bits per heavy atom. The van der Waals surface area contributed by atoms with Gasteiger partial charge in [-0.25, -0.2) is 8.42 Å². The summed E-state index contributed by atoms with van der Waals surface area (Å²) >= 11 is 0. The zero-order valence-electron chi connectivity index (χ0n) is 16.0. The molecular formula is C16H29ClN4O5S. The number of nitrogens with zero attached hydrogens (tertiary/aromatic N) is 1. The molecule has 1 saturated carbocycles. The van der Waals surface area contributed by atoms with E-state index < -0.39 is 15.6 Å². The first kappa shape index (κ1) is 23.8. The number of hydrogen-bond donors (Lipinski definition) is 3. The molecule has 156 valence electrons. The maximum atomic E-state index is 12.8. The summed E-state index contributed by atoms with van der Waals surface area (Å²) in [6.07, 6.45) is 2.53. The van der Waals surface area contributed by atoms with Crippen LogP contribution in [0.25, 0.3) is 0 Å². The number of aryl methyl sites for hydroxylation is 2. The second-order valence-electron chi connectivity index (χ2n) is 6.55. The highest BCUT2D eigenvalue weighted by atomic mass is 35.5. The molecule has 0 saturated heterocycles. The zero-order chi connectivity index (χ0) is 19.2. The fourth-order valence-corrected chi connectivity index (χ4v) is 5.01. The first-order chi connectivity index (χ1) is 12.3. The van der Waals surface area contributed by atoms with E-state index in [1.165, 1.54) is 0 Å². The Morgan fingerprint density at radius 2 is 1.89 bits per heavy atom. The predicted octanol–water partition coefficient (Wildman–Crippen LogP) is 0.657.